The van der Waals surface area contributed by atoms with Crippen LogP contribution < -0.4 is 5.32 Å². The van der Waals surface area contributed by atoms with E-state index in [9.17, 15) is 9.59 Å². The third-order valence-corrected chi connectivity index (χ3v) is 4.60. The molecule has 0 radical (unpaired) electrons. The van der Waals surface area contributed by atoms with E-state index in [1.807, 2.05) is 6.92 Å². The lowest BCUT2D eigenvalue weighted by Crippen LogP contribution is -2.49. The number of carboxylic acids is 1. The van der Waals surface area contributed by atoms with E-state index >= 15 is 0 Å². The van der Waals surface area contributed by atoms with Gasteiger partial charge < -0.3 is 15.2 Å². The highest BCUT2D eigenvalue weighted by Crippen LogP contribution is 2.39. The molecule has 2 N–H and O–H groups in total. The van der Waals surface area contributed by atoms with E-state index in [4.69, 9.17) is 9.84 Å². The lowest BCUT2D eigenvalue weighted by atomic mass is 9.88. The highest BCUT2D eigenvalue weighted by Gasteiger charge is 2.41. The fourth-order valence-electron chi connectivity index (χ4n) is 3.84. The van der Waals surface area contributed by atoms with Crippen LogP contribution in [0.1, 0.15) is 39.0 Å². The number of carbonyl (C=O) groups is 2. The Morgan fingerprint density at radius 2 is 1.95 bits per heavy atom. The van der Waals surface area contributed by atoms with Crippen molar-refractivity contribution in [1.29, 1.82) is 0 Å². The zero-order valence-corrected chi connectivity index (χ0v) is 12.9. The number of amides is 1. The van der Waals surface area contributed by atoms with E-state index in [-0.39, 0.29) is 24.3 Å². The zero-order chi connectivity index (χ0) is 15.4. The first-order chi connectivity index (χ1) is 9.99. The van der Waals surface area contributed by atoms with Gasteiger partial charge >= 0.3 is 5.97 Å². The first kappa shape index (κ1) is 16.2. The summed E-state index contributed by atoms with van der Waals surface area (Å²) in [6.07, 6.45) is 4.24. The molecule has 0 aromatic rings. The second kappa shape index (κ2) is 7.22. The summed E-state index contributed by atoms with van der Waals surface area (Å²) in [6, 6.07) is 0.762. The van der Waals surface area contributed by atoms with Crippen LogP contribution in [-0.4, -0.2) is 60.3 Å². The van der Waals surface area contributed by atoms with Crippen molar-refractivity contribution in [2.24, 2.45) is 5.92 Å². The number of hydrogen-bond acceptors (Lipinski definition) is 4. The normalized spacial score (nSPS) is 30.1. The SMILES string of the molecule is COCC(C)NC(=O)CN1C2CCC1CC(CC(=O)O)C2. The largest absolute Gasteiger partial charge is 0.481 e. The molecule has 1 amide bonds. The van der Waals surface area contributed by atoms with Crippen molar-refractivity contribution in [1.82, 2.24) is 10.2 Å². The van der Waals surface area contributed by atoms with Crippen molar-refractivity contribution in [3.63, 3.8) is 0 Å². The van der Waals surface area contributed by atoms with E-state index in [1.54, 1.807) is 7.11 Å². The Balaban J connectivity index is 1.83. The van der Waals surface area contributed by atoms with Crippen molar-refractivity contribution >= 4 is 11.9 Å². The van der Waals surface area contributed by atoms with Gasteiger partial charge in [-0.2, -0.15) is 0 Å². The maximum Gasteiger partial charge on any atom is 0.303 e. The molecule has 0 aromatic carbocycles. The van der Waals surface area contributed by atoms with Crippen LogP contribution in [0, 0.1) is 5.92 Å². The minimum atomic E-state index is -0.709. The molecule has 0 spiro atoms. The Morgan fingerprint density at radius 3 is 2.48 bits per heavy atom. The first-order valence-corrected chi connectivity index (χ1v) is 7.75. The van der Waals surface area contributed by atoms with Gasteiger partial charge in [-0.25, -0.2) is 0 Å². The highest BCUT2D eigenvalue weighted by atomic mass is 16.5. The van der Waals surface area contributed by atoms with Gasteiger partial charge in [0.1, 0.15) is 0 Å². The topological polar surface area (TPSA) is 78.9 Å². The van der Waals surface area contributed by atoms with Gasteiger partial charge in [0.25, 0.3) is 0 Å². The summed E-state index contributed by atoms with van der Waals surface area (Å²) in [5.74, 6) is -0.404. The molecule has 0 saturated carbocycles. The van der Waals surface area contributed by atoms with Crippen LogP contribution in [0.25, 0.3) is 0 Å². The molecule has 2 fully saturated rings. The highest BCUT2D eigenvalue weighted by molar-refractivity contribution is 5.78. The van der Waals surface area contributed by atoms with Gasteiger partial charge in [0.2, 0.25) is 5.91 Å². The second-order valence-corrected chi connectivity index (χ2v) is 6.42. The molecular weight excluding hydrogens is 272 g/mol. The summed E-state index contributed by atoms with van der Waals surface area (Å²) < 4.78 is 5.02. The minimum Gasteiger partial charge on any atom is -0.481 e. The Morgan fingerprint density at radius 1 is 1.33 bits per heavy atom. The molecule has 21 heavy (non-hydrogen) atoms. The van der Waals surface area contributed by atoms with Crippen LogP contribution >= 0.6 is 0 Å². The number of carbonyl (C=O) groups excluding carboxylic acids is 1. The van der Waals surface area contributed by atoms with Crippen LogP contribution in [0.2, 0.25) is 0 Å². The Kier molecular flexibility index (Phi) is 5.58. The molecule has 2 saturated heterocycles. The summed E-state index contributed by atoms with van der Waals surface area (Å²) in [6.45, 7) is 2.86. The predicted octanol–water partition coefficient (Wildman–Crippen LogP) is 0.855. The number of piperidine rings is 1. The van der Waals surface area contributed by atoms with Crippen molar-refractivity contribution in [3.05, 3.63) is 0 Å². The number of ether oxygens (including phenoxy) is 1. The summed E-state index contributed by atoms with van der Waals surface area (Å²) in [4.78, 5) is 25.2. The zero-order valence-electron chi connectivity index (χ0n) is 12.9. The number of nitrogens with zero attached hydrogens (tertiary/aromatic N) is 1. The monoisotopic (exact) mass is 298 g/mol. The van der Waals surface area contributed by atoms with E-state index in [1.165, 1.54) is 0 Å². The molecule has 0 aromatic heterocycles. The number of rotatable bonds is 7. The molecule has 3 unspecified atom stereocenters. The Labute approximate surface area is 125 Å². The van der Waals surface area contributed by atoms with E-state index in [0.29, 0.717) is 25.2 Å². The Hall–Kier alpha value is -1.14. The second-order valence-electron chi connectivity index (χ2n) is 6.42. The molecule has 2 rings (SSSR count). The van der Waals surface area contributed by atoms with Crippen molar-refractivity contribution < 1.29 is 19.4 Å². The smallest absolute Gasteiger partial charge is 0.303 e. The number of carboxylic acid groups (broad SMARTS) is 1. The predicted molar refractivity (Wildman–Crippen MR) is 78.0 cm³/mol. The molecule has 2 heterocycles. The lowest BCUT2D eigenvalue weighted by Gasteiger charge is -2.38. The number of nitrogens with one attached hydrogen (secondary N) is 1. The van der Waals surface area contributed by atoms with Gasteiger partial charge in [-0.15, -0.1) is 0 Å². The number of fused-ring (bicyclic) bond motifs is 2. The summed E-state index contributed by atoms with van der Waals surface area (Å²) >= 11 is 0. The van der Waals surface area contributed by atoms with E-state index in [0.717, 1.165) is 25.7 Å². The van der Waals surface area contributed by atoms with Gasteiger partial charge in [-0.3, -0.25) is 14.5 Å². The third-order valence-electron chi connectivity index (χ3n) is 4.60. The van der Waals surface area contributed by atoms with Gasteiger partial charge in [0.05, 0.1) is 13.2 Å². The van der Waals surface area contributed by atoms with Gasteiger partial charge in [-0.1, -0.05) is 0 Å². The molecule has 2 bridgehead atoms. The molecular formula is C15H26N2O4. The fourth-order valence-corrected chi connectivity index (χ4v) is 3.84. The Bertz CT molecular complexity index is 374. The summed E-state index contributed by atoms with van der Waals surface area (Å²) in [5.41, 5.74) is 0. The van der Waals surface area contributed by atoms with Crippen LogP contribution in [0.15, 0.2) is 0 Å². The molecule has 0 aliphatic carbocycles. The lowest BCUT2D eigenvalue weighted by molar-refractivity contribution is -0.139. The van der Waals surface area contributed by atoms with Crippen molar-refractivity contribution in [2.45, 2.75) is 57.2 Å². The average molecular weight is 298 g/mol. The quantitative estimate of drug-likeness (QED) is 0.728. The third kappa shape index (κ3) is 4.41. The number of hydrogen-bond donors (Lipinski definition) is 2. The molecule has 6 heteroatoms. The minimum absolute atomic E-state index is 0.0182. The summed E-state index contributed by atoms with van der Waals surface area (Å²) in [5, 5.41) is 11.9. The molecule has 3 atom stereocenters. The molecule has 2 aliphatic rings. The van der Waals surface area contributed by atoms with Crippen LogP contribution in [0.5, 0.6) is 0 Å². The maximum absolute atomic E-state index is 12.1. The molecule has 2 aliphatic heterocycles. The van der Waals surface area contributed by atoms with Gasteiger partial charge in [0, 0.05) is 31.7 Å². The standard InChI is InChI=1S/C15H26N2O4/c1-10(9-21-2)16-14(18)8-17-12-3-4-13(17)6-11(5-12)7-15(19)20/h10-13H,3-9H2,1-2H3,(H,16,18)(H,19,20). The van der Waals surface area contributed by atoms with Crippen molar-refractivity contribution in [3.8, 4) is 0 Å². The number of aliphatic carboxylic acids is 1. The van der Waals surface area contributed by atoms with Gasteiger partial charge in [0.15, 0.2) is 0 Å². The maximum atomic E-state index is 12.1. The molecule has 6 nitrogen and oxygen atoms in total. The van der Waals surface area contributed by atoms with Crippen molar-refractivity contribution in [2.75, 3.05) is 20.3 Å². The van der Waals surface area contributed by atoms with Crippen LogP contribution in [-0.2, 0) is 14.3 Å². The fraction of sp³-hybridized carbons (Fsp3) is 0.867. The number of methoxy groups -OCH3 is 1. The van der Waals surface area contributed by atoms with E-state index in [2.05, 4.69) is 10.2 Å². The van der Waals surface area contributed by atoms with Crippen LogP contribution in [0.4, 0.5) is 0 Å². The van der Waals surface area contributed by atoms with Gasteiger partial charge in [-0.05, 0) is 38.5 Å². The summed E-state index contributed by atoms with van der Waals surface area (Å²) in [7, 11) is 1.62. The first-order valence-electron chi connectivity index (χ1n) is 7.75. The van der Waals surface area contributed by atoms with E-state index < -0.39 is 5.97 Å². The molecule has 120 valence electrons. The average Bonchev–Trinajstić information content (AvgIpc) is 2.61. The van der Waals surface area contributed by atoms with Crippen LogP contribution in [0.3, 0.4) is 0 Å².